The van der Waals surface area contributed by atoms with Crippen LogP contribution < -0.4 is 15.0 Å². The number of hydrogen-bond acceptors (Lipinski definition) is 4. The van der Waals surface area contributed by atoms with Crippen molar-refractivity contribution >= 4 is 52.1 Å². The molecule has 1 atom stereocenters. The van der Waals surface area contributed by atoms with Crippen LogP contribution in [0.3, 0.4) is 0 Å². The van der Waals surface area contributed by atoms with Gasteiger partial charge in [-0.15, -0.1) is 0 Å². The molecule has 2 amide bonds. The summed E-state index contributed by atoms with van der Waals surface area (Å²) in [7, 11) is 1.59. The highest BCUT2D eigenvalue weighted by atomic mass is 35.5. The highest BCUT2D eigenvalue weighted by molar-refractivity contribution is 7.80. The molecule has 35 heavy (non-hydrogen) atoms. The maximum absolute atomic E-state index is 13.5. The van der Waals surface area contributed by atoms with E-state index in [-0.39, 0.29) is 18.2 Å². The molecule has 3 aromatic carbocycles. The number of halogens is 1. The van der Waals surface area contributed by atoms with E-state index in [1.165, 1.54) is 10.5 Å². The van der Waals surface area contributed by atoms with E-state index in [4.69, 9.17) is 28.6 Å². The largest absolute Gasteiger partial charge is 0.497 e. The second kappa shape index (κ2) is 11.3. The van der Waals surface area contributed by atoms with Crippen molar-refractivity contribution in [2.24, 2.45) is 0 Å². The number of nitrogens with zero attached hydrogens (tertiary/aromatic N) is 2. The summed E-state index contributed by atoms with van der Waals surface area (Å²) in [6, 6.07) is 23.5. The van der Waals surface area contributed by atoms with E-state index in [2.05, 4.69) is 17.4 Å². The molecule has 8 heteroatoms. The number of amides is 2. The van der Waals surface area contributed by atoms with Gasteiger partial charge in [0.1, 0.15) is 11.8 Å². The fourth-order valence-electron chi connectivity index (χ4n) is 4.08. The van der Waals surface area contributed by atoms with Gasteiger partial charge < -0.3 is 15.0 Å². The Kier molecular flexibility index (Phi) is 8.00. The van der Waals surface area contributed by atoms with Crippen molar-refractivity contribution in [3.8, 4) is 5.75 Å². The standard InChI is InChI=1S/C27H26ClN3O3S/c1-34-23-15-13-22(14-16-23)31-26(33)24(18-25(32)29-21-11-9-20(28)10-12-21)30(27(31)35)17-5-8-19-6-3-2-4-7-19/h2-4,6-7,9-16,24H,5,8,17-18H2,1H3,(H,29,32). The summed E-state index contributed by atoms with van der Waals surface area (Å²) < 4.78 is 5.23. The Morgan fingerprint density at radius 1 is 1.03 bits per heavy atom. The lowest BCUT2D eigenvalue weighted by Crippen LogP contribution is -2.38. The molecule has 1 saturated heterocycles. The minimum atomic E-state index is -0.687. The van der Waals surface area contributed by atoms with Gasteiger partial charge >= 0.3 is 0 Å². The van der Waals surface area contributed by atoms with E-state index >= 15 is 0 Å². The van der Waals surface area contributed by atoms with E-state index in [9.17, 15) is 9.59 Å². The fraction of sp³-hybridized carbons (Fsp3) is 0.222. The minimum absolute atomic E-state index is 0.0143. The first-order valence-electron chi connectivity index (χ1n) is 11.3. The molecule has 3 aromatic rings. The minimum Gasteiger partial charge on any atom is -0.497 e. The van der Waals surface area contributed by atoms with Crippen molar-refractivity contribution in [3.05, 3.63) is 89.4 Å². The molecule has 1 heterocycles. The third-order valence-electron chi connectivity index (χ3n) is 5.86. The summed E-state index contributed by atoms with van der Waals surface area (Å²) in [5, 5.41) is 3.83. The summed E-state index contributed by atoms with van der Waals surface area (Å²) in [6.07, 6.45) is 1.63. The van der Waals surface area contributed by atoms with Gasteiger partial charge in [0.05, 0.1) is 19.2 Å². The van der Waals surface area contributed by atoms with Gasteiger partial charge in [-0.25, -0.2) is 0 Å². The van der Waals surface area contributed by atoms with Crippen LogP contribution in [0, 0.1) is 0 Å². The zero-order valence-electron chi connectivity index (χ0n) is 19.3. The topological polar surface area (TPSA) is 61.9 Å². The lowest BCUT2D eigenvalue weighted by atomic mass is 10.1. The molecule has 0 saturated carbocycles. The van der Waals surface area contributed by atoms with Gasteiger partial charge in [0.25, 0.3) is 5.91 Å². The number of rotatable bonds is 9. The highest BCUT2D eigenvalue weighted by Crippen LogP contribution is 2.29. The van der Waals surface area contributed by atoms with Crippen molar-refractivity contribution in [3.63, 3.8) is 0 Å². The normalized spacial score (nSPS) is 15.4. The molecule has 1 unspecified atom stereocenters. The quantitative estimate of drug-likeness (QED) is 0.397. The number of aryl methyl sites for hydroxylation is 1. The first-order valence-corrected chi connectivity index (χ1v) is 12.1. The van der Waals surface area contributed by atoms with Crippen LogP contribution in [0.15, 0.2) is 78.9 Å². The SMILES string of the molecule is COc1ccc(N2C(=O)C(CC(=O)Nc3ccc(Cl)cc3)N(CCCc3ccccc3)C2=S)cc1. The summed E-state index contributed by atoms with van der Waals surface area (Å²) in [5.41, 5.74) is 2.48. The van der Waals surface area contributed by atoms with Crippen molar-refractivity contribution in [1.29, 1.82) is 0 Å². The monoisotopic (exact) mass is 507 g/mol. The molecule has 0 radical (unpaired) electrons. The molecule has 1 fully saturated rings. The summed E-state index contributed by atoms with van der Waals surface area (Å²) in [5.74, 6) is 0.203. The van der Waals surface area contributed by atoms with Crippen molar-refractivity contribution in [1.82, 2.24) is 4.90 Å². The molecular formula is C27H26ClN3O3S. The van der Waals surface area contributed by atoms with E-state index in [1.807, 2.05) is 23.1 Å². The number of carbonyl (C=O) groups excluding carboxylic acids is 2. The maximum Gasteiger partial charge on any atom is 0.256 e. The number of benzene rings is 3. The third-order valence-corrected chi connectivity index (χ3v) is 6.53. The van der Waals surface area contributed by atoms with Crippen LogP contribution in [0.4, 0.5) is 11.4 Å². The van der Waals surface area contributed by atoms with Gasteiger partial charge in [0.2, 0.25) is 5.91 Å². The molecule has 1 N–H and O–H groups in total. The van der Waals surface area contributed by atoms with Crippen molar-refractivity contribution < 1.29 is 14.3 Å². The van der Waals surface area contributed by atoms with Crippen molar-refractivity contribution in [2.45, 2.75) is 25.3 Å². The van der Waals surface area contributed by atoms with Crippen LogP contribution in [-0.4, -0.2) is 41.5 Å². The van der Waals surface area contributed by atoms with Gasteiger partial charge in [0, 0.05) is 17.3 Å². The van der Waals surface area contributed by atoms with E-state index in [0.717, 1.165) is 12.8 Å². The predicted molar refractivity (Wildman–Crippen MR) is 143 cm³/mol. The molecule has 0 aliphatic carbocycles. The van der Waals surface area contributed by atoms with Crippen LogP contribution in [0.1, 0.15) is 18.4 Å². The maximum atomic E-state index is 13.5. The average molecular weight is 508 g/mol. The molecule has 1 aliphatic rings. The average Bonchev–Trinajstić information content (AvgIpc) is 3.10. The number of hydrogen-bond donors (Lipinski definition) is 1. The molecule has 0 aromatic heterocycles. The Hall–Kier alpha value is -3.42. The molecular weight excluding hydrogens is 482 g/mol. The van der Waals surface area contributed by atoms with Gasteiger partial charge in [-0.3, -0.25) is 14.5 Å². The lowest BCUT2D eigenvalue weighted by molar-refractivity contribution is -0.124. The molecule has 6 nitrogen and oxygen atoms in total. The second-order valence-corrected chi connectivity index (χ2v) is 9.01. The lowest BCUT2D eigenvalue weighted by Gasteiger charge is -2.24. The molecule has 4 rings (SSSR count). The van der Waals surface area contributed by atoms with E-state index in [1.54, 1.807) is 55.6 Å². The number of methoxy groups -OCH3 is 1. The number of nitrogens with one attached hydrogen (secondary N) is 1. The number of carbonyl (C=O) groups is 2. The first-order chi connectivity index (χ1) is 17.0. The number of ether oxygens (including phenoxy) is 1. The van der Waals surface area contributed by atoms with E-state index in [0.29, 0.717) is 33.8 Å². The molecule has 180 valence electrons. The predicted octanol–water partition coefficient (Wildman–Crippen LogP) is 5.31. The highest BCUT2D eigenvalue weighted by Gasteiger charge is 2.43. The third kappa shape index (κ3) is 5.99. The Morgan fingerprint density at radius 2 is 1.71 bits per heavy atom. The number of anilines is 2. The van der Waals surface area contributed by atoms with Gasteiger partial charge in [-0.2, -0.15) is 0 Å². The molecule has 0 bridgehead atoms. The van der Waals surface area contributed by atoms with Crippen LogP contribution in [0.5, 0.6) is 5.75 Å². The van der Waals surface area contributed by atoms with Crippen LogP contribution in [-0.2, 0) is 16.0 Å². The smallest absolute Gasteiger partial charge is 0.256 e. The first kappa shape index (κ1) is 24.7. The Morgan fingerprint density at radius 3 is 2.37 bits per heavy atom. The summed E-state index contributed by atoms with van der Waals surface area (Å²) in [6.45, 7) is 0.561. The van der Waals surface area contributed by atoms with Crippen LogP contribution in [0.25, 0.3) is 0 Å². The zero-order valence-corrected chi connectivity index (χ0v) is 20.9. The second-order valence-electron chi connectivity index (χ2n) is 8.21. The van der Waals surface area contributed by atoms with Gasteiger partial charge in [-0.1, -0.05) is 41.9 Å². The number of thiocarbonyl (C=S) groups is 1. The summed E-state index contributed by atoms with van der Waals surface area (Å²) >= 11 is 11.7. The van der Waals surface area contributed by atoms with E-state index < -0.39 is 6.04 Å². The van der Waals surface area contributed by atoms with Crippen LogP contribution >= 0.6 is 23.8 Å². The Balaban J connectivity index is 1.51. The fourth-order valence-corrected chi connectivity index (χ4v) is 4.62. The van der Waals surface area contributed by atoms with Gasteiger partial charge in [0.15, 0.2) is 5.11 Å². The van der Waals surface area contributed by atoms with Crippen LogP contribution in [0.2, 0.25) is 5.02 Å². The molecule has 1 aliphatic heterocycles. The Bertz CT molecular complexity index is 1190. The zero-order chi connectivity index (χ0) is 24.8. The Labute approximate surface area is 215 Å². The molecule has 0 spiro atoms. The van der Waals surface area contributed by atoms with Crippen molar-refractivity contribution in [2.75, 3.05) is 23.9 Å². The van der Waals surface area contributed by atoms with Gasteiger partial charge in [-0.05, 0) is 79.2 Å². The summed E-state index contributed by atoms with van der Waals surface area (Å²) in [4.78, 5) is 29.8.